The molecule has 1 aromatic carbocycles. The summed E-state index contributed by atoms with van der Waals surface area (Å²) in [5.41, 5.74) is 5.83. The Morgan fingerprint density at radius 3 is 2.24 bits per heavy atom. The maximum atomic E-state index is 12.6. The van der Waals surface area contributed by atoms with Crippen molar-refractivity contribution in [1.29, 1.82) is 10.5 Å². The van der Waals surface area contributed by atoms with Crippen molar-refractivity contribution in [2.45, 2.75) is 17.7 Å². The van der Waals surface area contributed by atoms with Crippen molar-refractivity contribution in [3.8, 4) is 17.9 Å². The Labute approximate surface area is 124 Å². The minimum absolute atomic E-state index is 0.0198. The first-order valence-electron chi connectivity index (χ1n) is 6.15. The zero-order chi connectivity index (χ0) is 15.9. The van der Waals surface area contributed by atoms with Gasteiger partial charge in [-0.15, -0.1) is 0 Å². The van der Waals surface area contributed by atoms with Gasteiger partial charge in [0.05, 0.1) is 24.9 Å². The van der Waals surface area contributed by atoms with Gasteiger partial charge in [-0.3, -0.25) is 0 Å². The normalized spacial score (nSPS) is 10.9. The first-order chi connectivity index (χ1) is 9.97. The molecule has 0 saturated carbocycles. The lowest BCUT2D eigenvalue weighted by Crippen LogP contribution is -2.33. The number of anilines is 1. The zero-order valence-electron chi connectivity index (χ0n) is 11.6. The van der Waals surface area contributed by atoms with Crippen LogP contribution in [0.2, 0.25) is 0 Å². The second-order valence-electron chi connectivity index (χ2n) is 4.12. The highest BCUT2D eigenvalue weighted by molar-refractivity contribution is 7.89. The maximum Gasteiger partial charge on any atom is 0.245 e. The molecule has 7 nitrogen and oxygen atoms in total. The SMILES string of the molecule is COc1ccc(S(=O)(=O)N(CCC#N)CCC#N)c(N)c1. The summed E-state index contributed by atoms with van der Waals surface area (Å²) < 4.78 is 31.2. The number of nitrogens with zero attached hydrogens (tertiary/aromatic N) is 3. The molecule has 0 saturated heterocycles. The van der Waals surface area contributed by atoms with Crippen molar-refractivity contribution in [1.82, 2.24) is 4.31 Å². The van der Waals surface area contributed by atoms with Crippen LogP contribution in [0.15, 0.2) is 23.1 Å². The number of benzene rings is 1. The van der Waals surface area contributed by atoms with Crippen LogP contribution in [0.5, 0.6) is 5.75 Å². The van der Waals surface area contributed by atoms with Crippen molar-refractivity contribution in [3.05, 3.63) is 18.2 Å². The van der Waals surface area contributed by atoms with E-state index < -0.39 is 10.0 Å². The summed E-state index contributed by atoms with van der Waals surface area (Å²) in [6.07, 6.45) is 0.0848. The van der Waals surface area contributed by atoms with E-state index in [2.05, 4.69) is 0 Å². The predicted octanol–water partition coefficient (Wildman–Crippen LogP) is 1.10. The van der Waals surface area contributed by atoms with E-state index in [0.29, 0.717) is 5.75 Å². The lowest BCUT2D eigenvalue weighted by atomic mass is 10.3. The van der Waals surface area contributed by atoms with Gasteiger partial charge in [0.15, 0.2) is 0 Å². The lowest BCUT2D eigenvalue weighted by molar-refractivity contribution is 0.413. The third-order valence-electron chi connectivity index (χ3n) is 2.78. The average Bonchev–Trinajstić information content (AvgIpc) is 2.46. The highest BCUT2D eigenvalue weighted by Gasteiger charge is 2.26. The van der Waals surface area contributed by atoms with E-state index in [9.17, 15) is 8.42 Å². The molecule has 1 aromatic rings. The summed E-state index contributed by atoms with van der Waals surface area (Å²) in [5, 5.41) is 17.2. The minimum atomic E-state index is -3.85. The number of hydrogen-bond donors (Lipinski definition) is 1. The van der Waals surface area contributed by atoms with E-state index >= 15 is 0 Å². The van der Waals surface area contributed by atoms with Gasteiger partial charge in [-0.25, -0.2) is 8.42 Å². The van der Waals surface area contributed by atoms with E-state index in [0.717, 1.165) is 4.31 Å². The lowest BCUT2D eigenvalue weighted by Gasteiger charge is -2.21. The Kier molecular flexibility index (Phi) is 5.97. The number of hydrogen-bond acceptors (Lipinski definition) is 6. The fourth-order valence-electron chi connectivity index (χ4n) is 1.73. The minimum Gasteiger partial charge on any atom is -0.497 e. The molecule has 0 aliphatic rings. The molecular formula is C13H16N4O3S. The van der Waals surface area contributed by atoms with Crippen molar-refractivity contribution < 1.29 is 13.2 Å². The van der Waals surface area contributed by atoms with Gasteiger partial charge in [0.25, 0.3) is 0 Å². The van der Waals surface area contributed by atoms with Gasteiger partial charge in [0.2, 0.25) is 10.0 Å². The smallest absolute Gasteiger partial charge is 0.245 e. The maximum absolute atomic E-state index is 12.6. The molecule has 0 heterocycles. The molecule has 0 radical (unpaired) electrons. The molecule has 8 heteroatoms. The van der Waals surface area contributed by atoms with Crippen LogP contribution < -0.4 is 10.5 Å². The Balaban J connectivity index is 3.16. The van der Waals surface area contributed by atoms with E-state index in [4.69, 9.17) is 21.0 Å². The van der Waals surface area contributed by atoms with E-state index in [1.807, 2.05) is 12.1 Å². The van der Waals surface area contributed by atoms with E-state index in [1.165, 1.54) is 25.3 Å². The van der Waals surface area contributed by atoms with Crippen LogP contribution in [-0.4, -0.2) is 32.9 Å². The van der Waals surface area contributed by atoms with Crippen LogP contribution in [0, 0.1) is 22.7 Å². The molecule has 0 atom stereocenters. The number of nitrogen functional groups attached to an aromatic ring is 1. The van der Waals surface area contributed by atoms with Crippen LogP contribution >= 0.6 is 0 Å². The Morgan fingerprint density at radius 1 is 1.24 bits per heavy atom. The van der Waals surface area contributed by atoms with Gasteiger partial charge in [-0.1, -0.05) is 0 Å². The van der Waals surface area contributed by atoms with Crippen molar-refractivity contribution in [2.24, 2.45) is 0 Å². The summed E-state index contributed by atoms with van der Waals surface area (Å²) in [7, 11) is -2.40. The van der Waals surface area contributed by atoms with Crippen LogP contribution in [-0.2, 0) is 10.0 Å². The summed E-state index contributed by atoms with van der Waals surface area (Å²) >= 11 is 0. The summed E-state index contributed by atoms with van der Waals surface area (Å²) in [4.78, 5) is -0.0563. The number of rotatable bonds is 7. The summed E-state index contributed by atoms with van der Waals surface area (Å²) in [5.74, 6) is 0.451. The van der Waals surface area contributed by atoms with E-state index in [-0.39, 0.29) is 36.5 Å². The molecule has 0 unspecified atom stereocenters. The third-order valence-corrected chi connectivity index (χ3v) is 4.75. The molecular weight excluding hydrogens is 292 g/mol. The monoisotopic (exact) mass is 308 g/mol. The highest BCUT2D eigenvalue weighted by atomic mass is 32.2. The highest BCUT2D eigenvalue weighted by Crippen LogP contribution is 2.26. The van der Waals surface area contributed by atoms with Crippen molar-refractivity contribution >= 4 is 15.7 Å². The van der Waals surface area contributed by atoms with Crippen LogP contribution in [0.1, 0.15) is 12.8 Å². The Morgan fingerprint density at radius 2 is 1.81 bits per heavy atom. The topological polar surface area (TPSA) is 120 Å². The van der Waals surface area contributed by atoms with Gasteiger partial charge in [0.1, 0.15) is 10.6 Å². The van der Waals surface area contributed by atoms with Gasteiger partial charge >= 0.3 is 0 Å². The molecule has 0 aliphatic carbocycles. The number of methoxy groups -OCH3 is 1. The fourth-order valence-corrected chi connectivity index (χ4v) is 3.27. The van der Waals surface area contributed by atoms with Gasteiger partial charge in [-0.05, 0) is 12.1 Å². The molecule has 21 heavy (non-hydrogen) atoms. The van der Waals surface area contributed by atoms with Gasteiger partial charge in [0, 0.05) is 32.0 Å². The molecule has 1 rings (SSSR count). The largest absolute Gasteiger partial charge is 0.497 e. The number of nitriles is 2. The van der Waals surface area contributed by atoms with Crippen molar-refractivity contribution in [2.75, 3.05) is 25.9 Å². The molecule has 112 valence electrons. The second kappa shape index (κ2) is 7.48. The van der Waals surface area contributed by atoms with Crippen LogP contribution in [0.4, 0.5) is 5.69 Å². The average molecular weight is 308 g/mol. The molecule has 0 fully saturated rings. The number of nitrogens with two attached hydrogens (primary N) is 1. The van der Waals surface area contributed by atoms with E-state index in [1.54, 1.807) is 0 Å². The molecule has 0 spiro atoms. The summed E-state index contributed by atoms with van der Waals surface area (Å²) in [6.45, 7) is 0.0396. The Bertz CT molecular complexity index is 656. The predicted molar refractivity (Wildman–Crippen MR) is 76.6 cm³/mol. The molecule has 2 N–H and O–H groups in total. The van der Waals surface area contributed by atoms with Gasteiger partial charge in [-0.2, -0.15) is 14.8 Å². The molecule has 0 aliphatic heterocycles. The quantitative estimate of drug-likeness (QED) is 0.753. The Hall–Kier alpha value is -2.29. The van der Waals surface area contributed by atoms with Crippen LogP contribution in [0.3, 0.4) is 0 Å². The van der Waals surface area contributed by atoms with Gasteiger partial charge < -0.3 is 10.5 Å². The molecule has 0 amide bonds. The number of sulfonamides is 1. The third kappa shape index (κ3) is 4.09. The molecule has 0 bridgehead atoms. The number of ether oxygens (including phenoxy) is 1. The standard InChI is InChI=1S/C13H16N4O3S/c1-20-11-4-5-13(12(16)10-11)21(18,19)17(8-2-6-14)9-3-7-15/h4-5,10H,2-3,8-9,16H2,1H3. The van der Waals surface area contributed by atoms with Crippen molar-refractivity contribution in [3.63, 3.8) is 0 Å². The first-order valence-corrected chi connectivity index (χ1v) is 7.59. The fraction of sp³-hybridized carbons (Fsp3) is 0.385. The first kappa shape index (κ1) is 16.8. The molecule has 0 aromatic heterocycles. The van der Waals surface area contributed by atoms with Crippen LogP contribution in [0.25, 0.3) is 0 Å². The zero-order valence-corrected chi connectivity index (χ0v) is 12.4. The second-order valence-corrected chi connectivity index (χ2v) is 6.03. The summed E-state index contributed by atoms with van der Waals surface area (Å²) in [6, 6.07) is 8.05.